The third kappa shape index (κ3) is 5.27. The van der Waals surface area contributed by atoms with E-state index in [0.29, 0.717) is 10.8 Å². The molecular weight excluding hydrogens is 346 g/mol. The highest BCUT2D eigenvalue weighted by molar-refractivity contribution is 8.00. The molecule has 1 aromatic carbocycles. The minimum absolute atomic E-state index is 0.148. The van der Waals surface area contributed by atoms with Gasteiger partial charge in [0.05, 0.1) is 17.2 Å². The summed E-state index contributed by atoms with van der Waals surface area (Å²) in [5, 5.41) is 11.5. The van der Waals surface area contributed by atoms with E-state index in [0.717, 1.165) is 4.90 Å². The van der Waals surface area contributed by atoms with E-state index in [2.05, 4.69) is 15.5 Å². The van der Waals surface area contributed by atoms with Crippen LogP contribution in [0.4, 0.5) is 5.69 Å². The zero-order chi connectivity index (χ0) is 17.5. The van der Waals surface area contributed by atoms with Gasteiger partial charge in [-0.05, 0) is 26.0 Å². The molecule has 3 N–H and O–H groups in total. The Balaban J connectivity index is 1.95. The number of carbonyl (C=O) groups is 2. The Kier molecular flexibility index (Phi) is 6.68. The summed E-state index contributed by atoms with van der Waals surface area (Å²) in [5.41, 5.74) is 5.83. The summed E-state index contributed by atoms with van der Waals surface area (Å²) in [6, 6.07) is 7.54. The predicted molar refractivity (Wildman–Crippen MR) is 96.1 cm³/mol. The Labute approximate surface area is 148 Å². The highest BCUT2D eigenvalue weighted by Crippen LogP contribution is 2.27. The van der Waals surface area contributed by atoms with Gasteiger partial charge in [0.1, 0.15) is 6.33 Å². The molecule has 0 unspecified atom stereocenters. The molecule has 1 aromatic heterocycles. The number of aromatic nitrogens is 3. The van der Waals surface area contributed by atoms with Gasteiger partial charge in [-0.15, -0.1) is 22.0 Å². The van der Waals surface area contributed by atoms with E-state index >= 15 is 0 Å². The van der Waals surface area contributed by atoms with Crippen LogP contribution in [-0.4, -0.2) is 38.1 Å². The number of thioether (sulfide) groups is 2. The Hall–Kier alpha value is -2.00. The number of hydrogen-bond acceptors (Lipinski definition) is 6. The second-order valence-corrected chi connectivity index (χ2v) is 7.16. The Morgan fingerprint density at radius 3 is 2.71 bits per heavy atom. The summed E-state index contributed by atoms with van der Waals surface area (Å²) < 4.78 is 1.91. The van der Waals surface area contributed by atoms with Gasteiger partial charge in [0.2, 0.25) is 11.8 Å². The van der Waals surface area contributed by atoms with Gasteiger partial charge >= 0.3 is 0 Å². The number of para-hydroxylation sites is 1. The van der Waals surface area contributed by atoms with Crippen molar-refractivity contribution in [1.29, 1.82) is 0 Å². The smallest absolute Gasteiger partial charge is 0.234 e. The third-order valence-corrected chi connectivity index (χ3v) is 5.01. The van der Waals surface area contributed by atoms with Gasteiger partial charge in [-0.3, -0.25) is 9.59 Å². The number of rotatable bonds is 8. The Morgan fingerprint density at radius 1 is 1.25 bits per heavy atom. The molecule has 2 aromatic rings. The first-order valence-corrected chi connectivity index (χ1v) is 9.26. The molecule has 0 atom stereocenters. The highest BCUT2D eigenvalue weighted by atomic mass is 32.2. The quantitative estimate of drug-likeness (QED) is 0.695. The van der Waals surface area contributed by atoms with Crippen molar-refractivity contribution in [3.63, 3.8) is 0 Å². The monoisotopic (exact) mass is 365 g/mol. The zero-order valence-electron chi connectivity index (χ0n) is 13.4. The number of hydrogen-bond donors (Lipinski definition) is 2. The highest BCUT2D eigenvalue weighted by Gasteiger charge is 2.12. The summed E-state index contributed by atoms with van der Waals surface area (Å²) in [5.74, 6) is -0.158. The number of carbonyl (C=O) groups excluding carboxylic acids is 2. The maximum Gasteiger partial charge on any atom is 0.234 e. The topological polar surface area (TPSA) is 103 Å². The lowest BCUT2D eigenvalue weighted by Gasteiger charge is -2.11. The van der Waals surface area contributed by atoms with Crippen molar-refractivity contribution in [1.82, 2.24) is 14.8 Å². The van der Waals surface area contributed by atoms with E-state index in [9.17, 15) is 9.59 Å². The fraction of sp³-hybridized carbons (Fsp3) is 0.333. The van der Waals surface area contributed by atoms with E-state index in [4.69, 9.17) is 5.73 Å². The van der Waals surface area contributed by atoms with Crippen molar-refractivity contribution in [2.24, 2.45) is 5.73 Å². The second-order valence-electron chi connectivity index (χ2n) is 5.20. The van der Waals surface area contributed by atoms with Crippen LogP contribution in [0.2, 0.25) is 0 Å². The minimum atomic E-state index is -0.398. The van der Waals surface area contributed by atoms with Gasteiger partial charge in [0.15, 0.2) is 5.16 Å². The van der Waals surface area contributed by atoms with Crippen LogP contribution in [0.1, 0.15) is 19.9 Å². The standard InChI is InChI=1S/C15H19N5O2S2/c1-10(2)20-9-17-19-15(20)24-8-14(22)18-11-5-3-4-6-12(11)23-7-13(16)21/h3-6,9-10H,7-8H2,1-2H3,(H2,16,21)(H,18,22). The SMILES string of the molecule is CC(C)n1cnnc1SCC(=O)Nc1ccccc1SCC(N)=O. The van der Waals surface area contributed by atoms with Crippen molar-refractivity contribution in [3.05, 3.63) is 30.6 Å². The molecule has 0 aliphatic carbocycles. The fourth-order valence-corrected chi connectivity index (χ4v) is 3.44. The summed E-state index contributed by atoms with van der Waals surface area (Å²) >= 11 is 2.63. The van der Waals surface area contributed by atoms with Crippen LogP contribution in [-0.2, 0) is 9.59 Å². The van der Waals surface area contributed by atoms with E-state index < -0.39 is 5.91 Å². The lowest BCUT2D eigenvalue weighted by atomic mass is 10.3. The van der Waals surface area contributed by atoms with Crippen LogP contribution in [0, 0.1) is 0 Å². The average Bonchev–Trinajstić information content (AvgIpc) is 3.01. The van der Waals surface area contributed by atoms with Crippen LogP contribution < -0.4 is 11.1 Å². The Bertz CT molecular complexity index is 717. The van der Waals surface area contributed by atoms with Crippen molar-refractivity contribution in [2.75, 3.05) is 16.8 Å². The van der Waals surface area contributed by atoms with Crippen LogP contribution in [0.3, 0.4) is 0 Å². The maximum atomic E-state index is 12.2. The molecule has 9 heteroatoms. The summed E-state index contributed by atoms with van der Waals surface area (Å²) in [6.45, 7) is 4.05. The normalized spacial score (nSPS) is 10.8. The molecule has 0 fully saturated rings. The molecule has 0 bridgehead atoms. The molecule has 0 spiro atoms. The summed E-state index contributed by atoms with van der Waals surface area (Å²) in [4.78, 5) is 23.9. The van der Waals surface area contributed by atoms with E-state index in [-0.39, 0.29) is 23.5 Å². The predicted octanol–water partition coefficient (Wildman–Crippen LogP) is 2.17. The first-order valence-electron chi connectivity index (χ1n) is 7.29. The van der Waals surface area contributed by atoms with E-state index in [1.165, 1.54) is 23.5 Å². The number of nitrogens with two attached hydrogens (primary N) is 1. The van der Waals surface area contributed by atoms with Crippen LogP contribution in [0.25, 0.3) is 0 Å². The van der Waals surface area contributed by atoms with Gasteiger partial charge in [0.25, 0.3) is 0 Å². The molecule has 2 rings (SSSR count). The fourth-order valence-electron chi connectivity index (χ4n) is 1.85. The van der Waals surface area contributed by atoms with Crippen LogP contribution >= 0.6 is 23.5 Å². The first kappa shape index (κ1) is 18.3. The van der Waals surface area contributed by atoms with E-state index in [1.54, 1.807) is 12.4 Å². The number of benzene rings is 1. The van der Waals surface area contributed by atoms with Crippen molar-refractivity contribution < 1.29 is 9.59 Å². The molecular formula is C15H19N5O2S2. The Morgan fingerprint density at radius 2 is 2.00 bits per heavy atom. The van der Waals surface area contributed by atoms with Crippen LogP contribution in [0.15, 0.2) is 40.6 Å². The van der Waals surface area contributed by atoms with Gasteiger partial charge in [-0.25, -0.2) is 0 Å². The third-order valence-electron chi connectivity index (χ3n) is 2.96. The molecule has 0 saturated carbocycles. The lowest BCUT2D eigenvalue weighted by Crippen LogP contribution is -2.16. The number of amides is 2. The molecule has 128 valence electrons. The number of primary amides is 1. The largest absolute Gasteiger partial charge is 0.369 e. The molecule has 2 amide bonds. The van der Waals surface area contributed by atoms with Crippen molar-refractivity contribution in [3.8, 4) is 0 Å². The molecule has 0 aliphatic rings. The van der Waals surface area contributed by atoms with Gasteiger partial charge < -0.3 is 15.6 Å². The molecule has 0 aliphatic heterocycles. The minimum Gasteiger partial charge on any atom is -0.369 e. The van der Waals surface area contributed by atoms with Gasteiger partial charge in [-0.2, -0.15) is 0 Å². The molecule has 24 heavy (non-hydrogen) atoms. The summed E-state index contributed by atoms with van der Waals surface area (Å²) in [7, 11) is 0. The zero-order valence-corrected chi connectivity index (χ0v) is 15.1. The van der Waals surface area contributed by atoms with Crippen LogP contribution in [0.5, 0.6) is 0 Å². The summed E-state index contributed by atoms with van der Waals surface area (Å²) in [6.07, 6.45) is 1.65. The number of anilines is 1. The molecule has 0 radical (unpaired) electrons. The lowest BCUT2D eigenvalue weighted by molar-refractivity contribution is -0.115. The van der Waals surface area contributed by atoms with Gasteiger partial charge in [-0.1, -0.05) is 23.9 Å². The van der Waals surface area contributed by atoms with Crippen molar-refractivity contribution in [2.45, 2.75) is 29.9 Å². The number of nitrogens with zero attached hydrogens (tertiary/aromatic N) is 3. The maximum absolute atomic E-state index is 12.2. The van der Waals surface area contributed by atoms with Gasteiger partial charge in [0, 0.05) is 10.9 Å². The average molecular weight is 365 g/mol. The molecule has 0 saturated heterocycles. The molecule has 7 nitrogen and oxygen atoms in total. The number of nitrogens with one attached hydrogen (secondary N) is 1. The second kappa shape index (κ2) is 8.74. The van der Waals surface area contributed by atoms with Crippen molar-refractivity contribution >= 4 is 41.0 Å². The first-order chi connectivity index (χ1) is 11.5. The molecule has 1 heterocycles. The van der Waals surface area contributed by atoms with E-state index in [1.807, 2.05) is 36.6 Å².